The molecule has 0 saturated carbocycles. The Kier molecular flexibility index (Phi) is 4.71. The number of ether oxygens (including phenoxy) is 1. The highest BCUT2D eigenvalue weighted by molar-refractivity contribution is 6.08. The van der Waals surface area contributed by atoms with E-state index in [4.69, 9.17) is 0 Å². The standard InChI is InChI=1S/C19H16F2N2O3/c1-10-7-12(8-11(2)17(10)26-18(20)21)3-6-16(24)13-4-5-14-15(9-13)23-19(25)22-14/h3-9,18H,1-2H3,(H2,22,23,25). The summed E-state index contributed by atoms with van der Waals surface area (Å²) in [5.41, 5.74) is 3.08. The third-order valence-electron chi connectivity index (χ3n) is 3.92. The first-order valence-corrected chi connectivity index (χ1v) is 7.84. The molecule has 134 valence electrons. The van der Waals surface area contributed by atoms with Gasteiger partial charge in [-0.25, -0.2) is 4.79 Å². The van der Waals surface area contributed by atoms with Crippen LogP contribution in [-0.4, -0.2) is 22.4 Å². The zero-order valence-corrected chi connectivity index (χ0v) is 14.1. The molecule has 1 heterocycles. The normalized spacial score (nSPS) is 11.6. The minimum absolute atomic E-state index is 0.144. The molecule has 0 radical (unpaired) electrons. The van der Waals surface area contributed by atoms with Crippen molar-refractivity contribution < 1.29 is 18.3 Å². The Morgan fingerprint density at radius 1 is 1.08 bits per heavy atom. The number of halogens is 2. The quantitative estimate of drug-likeness (QED) is 0.535. The monoisotopic (exact) mass is 358 g/mol. The second kappa shape index (κ2) is 6.95. The number of fused-ring (bicyclic) bond motifs is 1. The zero-order valence-electron chi connectivity index (χ0n) is 14.1. The number of nitrogens with one attached hydrogen (secondary N) is 2. The molecular formula is C19H16F2N2O3. The van der Waals surface area contributed by atoms with Gasteiger partial charge in [0, 0.05) is 5.56 Å². The van der Waals surface area contributed by atoms with Gasteiger partial charge in [-0.2, -0.15) is 8.78 Å². The molecule has 3 rings (SSSR count). The molecule has 5 nitrogen and oxygen atoms in total. The van der Waals surface area contributed by atoms with Crippen molar-refractivity contribution in [2.45, 2.75) is 20.5 Å². The molecular weight excluding hydrogens is 342 g/mol. The predicted molar refractivity (Wildman–Crippen MR) is 94.8 cm³/mol. The van der Waals surface area contributed by atoms with Crippen molar-refractivity contribution in [2.24, 2.45) is 0 Å². The van der Waals surface area contributed by atoms with E-state index in [9.17, 15) is 18.4 Å². The number of hydrogen-bond donors (Lipinski definition) is 2. The van der Waals surface area contributed by atoms with Crippen molar-refractivity contribution in [3.8, 4) is 5.75 Å². The second-order valence-electron chi connectivity index (χ2n) is 5.90. The molecule has 0 fully saturated rings. The van der Waals surface area contributed by atoms with Crippen LogP contribution in [0.4, 0.5) is 8.78 Å². The van der Waals surface area contributed by atoms with Gasteiger partial charge < -0.3 is 14.7 Å². The Balaban J connectivity index is 1.84. The number of aromatic amines is 2. The van der Waals surface area contributed by atoms with Crippen molar-refractivity contribution in [3.63, 3.8) is 0 Å². The average molecular weight is 358 g/mol. The van der Waals surface area contributed by atoms with Crippen molar-refractivity contribution in [1.29, 1.82) is 0 Å². The SMILES string of the molecule is Cc1cc(C=CC(=O)c2ccc3[nH]c(=O)[nH]c3c2)cc(C)c1OC(F)F. The van der Waals surface area contributed by atoms with E-state index < -0.39 is 6.61 Å². The molecule has 7 heteroatoms. The second-order valence-corrected chi connectivity index (χ2v) is 5.90. The fraction of sp³-hybridized carbons (Fsp3) is 0.158. The number of hydrogen-bond acceptors (Lipinski definition) is 3. The fourth-order valence-corrected chi connectivity index (χ4v) is 2.81. The summed E-state index contributed by atoms with van der Waals surface area (Å²) < 4.78 is 29.4. The summed E-state index contributed by atoms with van der Waals surface area (Å²) >= 11 is 0. The average Bonchev–Trinajstić information content (AvgIpc) is 2.94. The van der Waals surface area contributed by atoms with Gasteiger partial charge in [-0.05, 0) is 66.9 Å². The molecule has 3 aromatic rings. The van der Waals surface area contributed by atoms with Crippen molar-refractivity contribution in [1.82, 2.24) is 9.97 Å². The molecule has 0 amide bonds. The van der Waals surface area contributed by atoms with Gasteiger partial charge in [0.05, 0.1) is 11.0 Å². The number of ketones is 1. The Morgan fingerprint density at radius 2 is 1.73 bits per heavy atom. The van der Waals surface area contributed by atoms with E-state index in [1.807, 2.05) is 0 Å². The molecule has 0 saturated heterocycles. The van der Waals surface area contributed by atoms with Crippen molar-refractivity contribution in [3.05, 3.63) is 69.1 Å². The number of aryl methyl sites for hydroxylation is 2. The van der Waals surface area contributed by atoms with Crippen LogP contribution in [0.25, 0.3) is 17.1 Å². The van der Waals surface area contributed by atoms with Crippen LogP contribution in [0.5, 0.6) is 5.75 Å². The molecule has 0 aliphatic rings. The lowest BCUT2D eigenvalue weighted by molar-refractivity contribution is -0.0507. The Morgan fingerprint density at radius 3 is 2.38 bits per heavy atom. The zero-order chi connectivity index (χ0) is 18.8. The van der Waals surface area contributed by atoms with E-state index in [2.05, 4.69) is 14.7 Å². The summed E-state index contributed by atoms with van der Waals surface area (Å²) in [5.74, 6) is -0.0949. The smallest absolute Gasteiger partial charge is 0.387 e. The van der Waals surface area contributed by atoms with Crippen LogP contribution in [0.2, 0.25) is 0 Å². The first-order valence-electron chi connectivity index (χ1n) is 7.84. The van der Waals surface area contributed by atoms with Gasteiger partial charge in [-0.1, -0.05) is 6.08 Å². The number of carbonyl (C=O) groups excluding carboxylic acids is 1. The molecule has 26 heavy (non-hydrogen) atoms. The summed E-state index contributed by atoms with van der Waals surface area (Å²) in [5, 5.41) is 0. The lowest BCUT2D eigenvalue weighted by Crippen LogP contribution is -2.05. The van der Waals surface area contributed by atoms with E-state index in [-0.39, 0.29) is 17.2 Å². The number of aromatic nitrogens is 2. The van der Waals surface area contributed by atoms with Crippen molar-refractivity contribution in [2.75, 3.05) is 0 Å². The number of allylic oxidation sites excluding steroid dienone is 1. The summed E-state index contributed by atoms with van der Waals surface area (Å²) in [6.45, 7) is 0.449. The van der Waals surface area contributed by atoms with Gasteiger partial charge in [-0.3, -0.25) is 4.79 Å². The molecule has 0 aliphatic heterocycles. The number of benzene rings is 2. The Hall–Kier alpha value is -3.22. The minimum atomic E-state index is -2.88. The molecule has 2 N–H and O–H groups in total. The maximum Gasteiger partial charge on any atom is 0.387 e. The lowest BCUT2D eigenvalue weighted by Gasteiger charge is -2.12. The highest BCUT2D eigenvalue weighted by Gasteiger charge is 2.11. The largest absolute Gasteiger partial charge is 0.434 e. The lowest BCUT2D eigenvalue weighted by atomic mass is 10.0. The molecule has 0 aliphatic carbocycles. The highest BCUT2D eigenvalue weighted by Crippen LogP contribution is 2.27. The van der Waals surface area contributed by atoms with Crippen LogP contribution < -0.4 is 10.4 Å². The van der Waals surface area contributed by atoms with Gasteiger partial charge in [0.15, 0.2) is 5.78 Å². The number of alkyl halides is 2. The first-order chi connectivity index (χ1) is 12.3. The van der Waals surface area contributed by atoms with Crippen LogP contribution in [0, 0.1) is 13.8 Å². The van der Waals surface area contributed by atoms with Gasteiger partial charge in [-0.15, -0.1) is 0 Å². The number of rotatable bonds is 5. The molecule has 0 bridgehead atoms. The van der Waals surface area contributed by atoms with Gasteiger partial charge >= 0.3 is 12.3 Å². The van der Waals surface area contributed by atoms with E-state index >= 15 is 0 Å². The topological polar surface area (TPSA) is 75.0 Å². The summed E-state index contributed by atoms with van der Waals surface area (Å²) in [4.78, 5) is 28.8. The van der Waals surface area contributed by atoms with Crippen LogP contribution in [-0.2, 0) is 0 Å². The molecule has 0 unspecified atom stereocenters. The van der Waals surface area contributed by atoms with Crippen LogP contribution in [0.3, 0.4) is 0 Å². The summed E-state index contributed by atoms with van der Waals surface area (Å²) in [7, 11) is 0. The number of imidazole rings is 1. The van der Waals surface area contributed by atoms with E-state index in [1.165, 1.54) is 6.08 Å². The molecule has 0 atom stereocenters. The minimum Gasteiger partial charge on any atom is -0.434 e. The van der Waals surface area contributed by atoms with Crippen molar-refractivity contribution >= 4 is 22.9 Å². The Labute approximate surface area is 147 Å². The van der Waals surface area contributed by atoms with Crippen LogP contribution in [0.1, 0.15) is 27.0 Å². The first kappa shape index (κ1) is 17.6. The maximum absolute atomic E-state index is 12.4. The van der Waals surface area contributed by atoms with Crippen LogP contribution in [0.15, 0.2) is 41.2 Å². The molecule has 1 aromatic heterocycles. The Bertz CT molecular complexity index is 1040. The number of carbonyl (C=O) groups is 1. The highest BCUT2D eigenvalue weighted by atomic mass is 19.3. The third kappa shape index (κ3) is 3.72. The van der Waals surface area contributed by atoms with Crippen LogP contribution >= 0.6 is 0 Å². The van der Waals surface area contributed by atoms with E-state index in [0.29, 0.717) is 33.3 Å². The van der Waals surface area contributed by atoms with Gasteiger partial charge in [0.2, 0.25) is 0 Å². The van der Waals surface area contributed by atoms with E-state index in [1.54, 1.807) is 50.3 Å². The molecule has 2 aromatic carbocycles. The van der Waals surface area contributed by atoms with E-state index in [0.717, 1.165) is 0 Å². The maximum atomic E-state index is 12.4. The fourth-order valence-electron chi connectivity index (χ4n) is 2.81. The summed E-state index contributed by atoms with van der Waals surface area (Å²) in [6.07, 6.45) is 3.01. The van der Waals surface area contributed by atoms with Gasteiger partial charge in [0.1, 0.15) is 5.75 Å². The predicted octanol–water partition coefficient (Wildman–Crippen LogP) is 3.97. The molecule has 0 spiro atoms. The summed E-state index contributed by atoms with van der Waals surface area (Å²) in [6, 6.07) is 8.20. The number of H-pyrrole nitrogens is 2. The van der Waals surface area contributed by atoms with Gasteiger partial charge in [0.25, 0.3) is 0 Å². The third-order valence-corrected chi connectivity index (χ3v) is 3.92.